The van der Waals surface area contributed by atoms with Crippen molar-refractivity contribution in [1.29, 1.82) is 0 Å². The number of ether oxygens (including phenoxy) is 1. The van der Waals surface area contributed by atoms with Crippen LogP contribution in [0.15, 0.2) is 36.7 Å². The Bertz CT molecular complexity index is 659. The molecule has 128 valence electrons. The van der Waals surface area contributed by atoms with Gasteiger partial charge in [0.25, 0.3) is 0 Å². The highest BCUT2D eigenvalue weighted by Crippen LogP contribution is 2.19. The molecule has 1 atom stereocenters. The lowest BCUT2D eigenvalue weighted by Gasteiger charge is -2.17. The summed E-state index contributed by atoms with van der Waals surface area (Å²) >= 11 is 0. The topological polar surface area (TPSA) is 70.5 Å². The summed E-state index contributed by atoms with van der Waals surface area (Å²) < 4.78 is 5.61. The maximum atomic E-state index is 10.1. The van der Waals surface area contributed by atoms with E-state index in [1.807, 2.05) is 37.3 Å². The predicted octanol–water partition coefficient (Wildman–Crippen LogP) is 2.24. The minimum absolute atomic E-state index is 0.237. The molecule has 0 amide bonds. The van der Waals surface area contributed by atoms with E-state index in [-0.39, 0.29) is 6.61 Å². The summed E-state index contributed by atoms with van der Waals surface area (Å²) in [4.78, 5) is 10.8. The molecule has 6 nitrogen and oxygen atoms in total. The Balaban J connectivity index is 1.47. The van der Waals surface area contributed by atoms with Gasteiger partial charge in [0, 0.05) is 25.7 Å². The van der Waals surface area contributed by atoms with Crippen LogP contribution >= 0.6 is 0 Å². The summed E-state index contributed by atoms with van der Waals surface area (Å²) in [7, 11) is 0. The third-order valence-corrected chi connectivity index (χ3v) is 4.03. The summed E-state index contributed by atoms with van der Waals surface area (Å²) in [6.07, 6.45) is 3.37. The van der Waals surface area contributed by atoms with Crippen molar-refractivity contribution in [1.82, 2.24) is 9.97 Å². The normalized spacial score (nSPS) is 15.3. The standard InChI is InChI=1S/C18H24N4O2/c1-14-5-4-6-16(9-14)24-12-15(23)11-19-17-10-18(21-13-20-17)22-7-2-3-8-22/h4-6,9-10,13,15,23H,2-3,7-8,11-12H2,1H3,(H,19,20,21). The average Bonchev–Trinajstić information content (AvgIpc) is 3.13. The Labute approximate surface area is 142 Å². The second-order valence-electron chi connectivity index (χ2n) is 6.12. The summed E-state index contributed by atoms with van der Waals surface area (Å²) in [5.74, 6) is 2.43. The Morgan fingerprint density at radius 1 is 1.25 bits per heavy atom. The van der Waals surface area contributed by atoms with Crippen LogP contribution in [0.25, 0.3) is 0 Å². The van der Waals surface area contributed by atoms with E-state index in [2.05, 4.69) is 20.2 Å². The van der Waals surface area contributed by atoms with Crippen molar-refractivity contribution in [3.05, 3.63) is 42.2 Å². The molecule has 24 heavy (non-hydrogen) atoms. The Morgan fingerprint density at radius 3 is 2.88 bits per heavy atom. The molecule has 0 spiro atoms. The maximum absolute atomic E-state index is 10.1. The van der Waals surface area contributed by atoms with Crippen LogP contribution < -0.4 is 15.0 Å². The fraction of sp³-hybridized carbons (Fsp3) is 0.444. The van der Waals surface area contributed by atoms with Gasteiger partial charge in [-0.2, -0.15) is 0 Å². The highest BCUT2D eigenvalue weighted by atomic mass is 16.5. The Kier molecular flexibility index (Phi) is 5.48. The van der Waals surface area contributed by atoms with Crippen molar-refractivity contribution in [2.24, 2.45) is 0 Å². The van der Waals surface area contributed by atoms with Crippen molar-refractivity contribution in [3.63, 3.8) is 0 Å². The van der Waals surface area contributed by atoms with Crippen LogP contribution in [0, 0.1) is 6.92 Å². The predicted molar refractivity (Wildman–Crippen MR) is 94.6 cm³/mol. The lowest BCUT2D eigenvalue weighted by molar-refractivity contribution is 0.117. The smallest absolute Gasteiger partial charge is 0.134 e. The van der Waals surface area contributed by atoms with Gasteiger partial charge >= 0.3 is 0 Å². The number of aliphatic hydroxyl groups excluding tert-OH is 1. The zero-order valence-electron chi connectivity index (χ0n) is 14.0. The maximum Gasteiger partial charge on any atom is 0.134 e. The van der Waals surface area contributed by atoms with E-state index in [0.29, 0.717) is 6.54 Å². The zero-order chi connectivity index (χ0) is 16.8. The van der Waals surface area contributed by atoms with Gasteiger partial charge in [-0.05, 0) is 37.5 Å². The minimum Gasteiger partial charge on any atom is -0.491 e. The second kappa shape index (κ2) is 7.97. The van der Waals surface area contributed by atoms with Gasteiger partial charge in [-0.3, -0.25) is 0 Å². The number of aryl methyl sites for hydroxylation is 1. The highest BCUT2D eigenvalue weighted by Gasteiger charge is 2.14. The fourth-order valence-corrected chi connectivity index (χ4v) is 2.74. The first-order chi connectivity index (χ1) is 11.7. The van der Waals surface area contributed by atoms with E-state index in [9.17, 15) is 5.11 Å². The van der Waals surface area contributed by atoms with E-state index in [1.165, 1.54) is 12.8 Å². The summed E-state index contributed by atoms with van der Waals surface area (Å²) in [5.41, 5.74) is 1.13. The first-order valence-electron chi connectivity index (χ1n) is 8.39. The van der Waals surface area contributed by atoms with Crippen molar-refractivity contribution in [2.45, 2.75) is 25.9 Å². The van der Waals surface area contributed by atoms with Crippen LogP contribution in [-0.4, -0.2) is 47.4 Å². The number of aliphatic hydroxyl groups is 1. The second-order valence-corrected chi connectivity index (χ2v) is 6.12. The summed E-state index contributed by atoms with van der Waals surface area (Å²) in [6.45, 7) is 4.72. The van der Waals surface area contributed by atoms with Crippen LogP contribution in [-0.2, 0) is 0 Å². The number of aromatic nitrogens is 2. The van der Waals surface area contributed by atoms with Gasteiger partial charge in [-0.15, -0.1) is 0 Å². The van der Waals surface area contributed by atoms with Crippen LogP contribution in [0.1, 0.15) is 18.4 Å². The van der Waals surface area contributed by atoms with E-state index in [0.717, 1.165) is 36.0 Å². The molecular weight excluding hydrogens is 304 g/mol. The van der Waals surface area contributed by atoms with Crippen LogP contribution in [0.3, 0.4) is 0 Å². The molecule has 3 rings (SSSR count). The molecule has 0 saturated carbocycles. The van der Waals surface area contributed by atoms with Crippen LogP contribution in [0.4, 0.5) is 11.6 Å². The molecule has 6 heteroatoms. The van der Waals surface area contributed by atoms with Gasteiger partial charge in [-0.25, -0.2) is 9.97 Å². The molecule has 1 aromatic carbocycles. The quantitative estimate of drug-likeness (QED) is 0.812. The molecule has 1 saturated heterocycles. The molecule has 1 aliphatic rings. The molecule has 1 fully saturated rings. The first kappa shape index (κ1) is 16.5. The van der Waals surface area contributed by atoms with E-state index < -0.39 is 6.10 Å². The van der Waals surface area contributed by atoms with E-state index >= 15 is 0 Å². The molecule has 1 unspecified atom stereocenters. The number of nitrogens with zero attached hydrogens (tertiary/aromatic N) is 3. The van der Waals surface area contributed by atoms with E-state index in [4.69, 9.17) is 4.74 Å². The van der Waals surface area contributed by atoms with Crippen molar-refractivity contribution >= 4 is 11.6 Å². The number of benzene rings is 1. The SMILES string of the molecule is Cc1cccc(OCC(O)CNc2cc(N3CCCC3)ncn2)c1. The van der Waals surface area contributed by atoms with Crippen molar-refractivity contribution in [2.75, 3.05) is 36.5 Å². The van der Waals surface area contributed by atoms with Gasteiger partial charge in [0.1, 0.15) is 36.4 Å². The Morgan fingerprint density at radius 2 is 2.08 bits per heavy atom. The number of anilines is 2. The summed E-state index contributed by atoms with van der Waals surface area (Å²) in [6, 6.07) is 9.72. The molecule has 1 aromatic heterocycles. The highest BCUT2D eigenvalue weighted by molar-refractivity contribution is 5.48. The van der Waals surface area contributed by atoms with Crippen molar-refractivity contribution < 1.29 is 9.84 Å². The Hall–Kier alpha value is -2.34. The number of nitrogens with one attached hydrogen (secondary N) is 1. The fourth-order valence-electron chi connectivity index (χ4n) is 2.74. The summed E-state index contributed by atoms with van der Waals surface area (Å²) in [5, 5.41) is 13.2. The minimum atomic E-state index is -0.615. The van der Waals surface area contributed by atoms with Gasteiger partial charge < -0.3 is 20.1 Å². The van der Waals surface area contributed by atoms with Gasteiger partial charge in [0.05, 0.1) is 0 Å². The monoisotopic (exact) mass is 328 g/mol. The van der Waals surface area contributed by atoms with Crippen molar-refractivity contribution in [3.8, 4) is 5.75 Å². The molecule has 0 radical (unpaired) electrons. The zero-order valence-corrected chi connectivity index (χ0v) is 14.0. The van der Waals surface area contributed by atoms with E-state index in [1.54, 1.807) is 6.33 Å². The number of hydrogen-bond acceptors (Lipinski definition) is 6. The molecule has 2 aromatic rings. The van der Waals surface area contributed by atoms with Gasteiger partial charge in [0.2, 0.25) is 0 Å². The largest absolute Gasteiger partial charge is 0.491 e. The van der Waals surface area contributed by atoms with Crippen LogP contribution in [0.5, 0.6) is 5.75 Å². The molecule has 2 N–H and O–H groups in total. The van der Waals surface area contributed by atoms with Gasteiger partial charge in [-0.1, -0.05) is 12.1 Å². The molecule has 2 heterocycles. The molecule has 0 bridgehead atoms. The number of hydrogen-bond donors (Lipinski definition) is 2. The molecule has 0 aliphatic carbocycles. The first-order valence-corrected chi connectivity index (χ1v) is 8.39. The third-order valence-electron chi connectivity index (χ3n) is 4.03. The lowest BCUT2D eigenvalue weighted by atomic mass is 10.2. The third kappa shape index (κ3) is 4.58. The molecular formula is C18H24N4O2. The average molecular weight is 328 g/mol. The molecule has 1 aliphatic heterocycles. The van der Waals surface area contributed by atoms with Crippen LogP contribution in [0.2, 0.25) is 0 Å². The lowest BCUT2D eigenvalue weighted by Crippen LogP contribution is -2.27. The number of rotatable bonds is 7. The van der Waals surface area contributed by atoms with Gasteiger partial charge in [0.15, 0.2) is 0 Å².